The average Bonchev–Trinajstić information content (AvgIpc) is 2.70. The van der Waals surface area contributed by atoms with Crippen LogP contribution in [0.2, 0.25) is 0 Å². The number of alkyl halides is 4. The van der Waals surface area contributed by atoms with E-state index in [1.54, 1.807) is 0 Å². The molecular formula is C24H30F6. The summed E-state index contributed by atoms with van der Waals surface area (Å²) in [6, 6.07) is 1.74. The van der Waals surface area contributed by atoms with Crippen molar-refractivity contribution in [2.24, 2.45) is 17.8 Å². The molecule has 0 spiro atoms. The van der Waals surface area contributed by atoms with Gasteiger partial charge in [0.25, 0.3) is 0 Å². The molecule has 6 heteroatoms. The van der Waals surface area contributed by atoms with Crippen molar-refractivity contribution in [1.29, 1.82) is 0 Å². The van der Waals surface area contributed by atoms with Crippen LogP contribution >= 0.6 is 0 Å². The molecule has 0 N–H and O–H groups in total. The van der Waals surface area contributed by atoms with Gasteiger partial charge in [-0.2, -0.15) is 13.2 Å². The number of unbranched alkanes of at least 4 members (excludes halogenated alkanes) is 1. The summed E-state index contributed by atoms with van der Waals surface area (Å²) in [5, 5.41) is 0. The van der Waals surface area contributed by atoms with Gasteiger partial charge in [0.05, 0.1) is 6.67 Å². The summed E-state index contributed by atoms with van der Waals surface area (Å²) in [6.45, 7) is -0.272. The summed E-state index contributed by atoms with van der Waals surface area (Å²) in [6.07, 6.45) is 8.74. The highest BCUT2D eigenvalue weighted by atomic mass is 19.4. The second-order valence-corrected chi connectivity index (χ2v) is 8.90. The second kappa shape index (κ2) is 10.2. The molecule has 2 saturated carbocycles. The van der Waals surface area contributed by atoms with Crippen molar-refractivity contribution in [3.63, 3.8) is 0 Å². The molecule has 0 nitrogen and oxygen atoms in total. The summed E-state index contributed by atoms with van der Waals surface area (Å²) in [7, 11) is 0. The van der Waals surface area contributed by atoms with Crippen molar-refractivity contribution in [2.45, 2.75) is 76.3 Å². The molecule has 0 saturated heterocycles. The number of halogens is 6. The minimum atomic E-state index is -5.02. The van der Waals surface area contributed by atoms with Gasteiger partial charge in [-0.3, -0.25) is 4.39 Å². The lowest BCUT2D eigenvalue weighted by atomic mass is 9.68. The standard InChI is InChI=1S/C24H30F6/c25-13-3-1-2-4-16-5-7-17(8-6-16)18-9-11-19(12-10-18)20-14-21(26)23(22(27)15-20)24(28,29)30/h2,4,14-19H,1,3,5-13H2/b4-2+. The Balaban J connectivity index is 1.51. The van der Waals surface area contributed by atoms with E-state index in [1.807, 2.05) is 0 Å². The van der Waals surface area contributed by atoms with Gasteiger partial charge in [0, 0.05) is 0 Å². The van der Waals surface area contributed by atoms with Crippen LogP contribution in [0.25, 0.3) is 0 Å². The van der Waals surface area contributed by atoms with E-state index in [2.05, 4.69) is 12.2 Å². The summed E-state index contributed by atoms with van der Waals surface area (Å²) >= 11 is 0. The lowest BCUT2D eigenvalue weighted by Crippen LogP contribution is -2.25. The highest BCUT2D eigenvalue weighted by Crippen LogP contribution is 2.45. The Bertz CT molecular complexity index is 684. The fourth-order valence-electron chi connectivity index (χ4n) is 5.32. The van der Waals surface area contributed by atoms with Gasteiger partial charge in [-0.25, -0.2) is 8.78 Å². The van der Waals surface area contributed by atoms with Crippen LogP contribution in [0, 0.1) is 29.4 Å². The van der Waals surface area contributed by atoms with E-state index in [0.717, 1.165) is 69.9 Å². The number of benzene rings is 1. The largest absolute Gasteiger partial charge is 0.422 e. The molecule has 0 aromatic heterocycles. The predicted molar refractivity (Wildman–Crippen MR) is 106 cm³/mol. The van der Waals surface area contributed by atoms with Gasteiger partial charge >= 0.3 is 6.18 Å². The van der Waals surface area contributed by atoms with Crippen LogP contribution in [0.4, 0.5) is 26.3 Å². The molecule has 0 atom stereocenters. The SMILES string of the molecule is FCCC/C=C/C1CCC(C2CCC(c3cc(F)c(C(F)(F)F)c(F)c3)CC2)CC1. The van der Waals surface area contributed by atoms with Crippen LogP contribution < -0.4 is 0 Å². The third-order valence-electron chi connectivity index (χ3n) is 6.99. The van der Waals surface area contributed by atoms with Gasteiger partial charge in [0.15, 0.2) is 0 Å². The fraction of sp³-hybridized carbons (Fsp3) is 0.667. The van der Waals surface area contributed by atoms with E-state index in [1.165, 1.54) is 0 Å². The normalized spacial score (nSPS) is 28.2. The van der Waals surface area contributed by atoms with Gasteiger partial charge < -0.3 is 0 Å². The zero-order valence-corrected chi connectivity index (χ0v) is 17.2. The molecule has 2 aliphatic rings. The van der Waals surface area contributed by atoms with Gasteiger partial charge in [-0.15, -0.1) is 0 Å². The Labute approximate surface area is 174 Å². The number of allylic oxidation sites excluding steroid dienone is 2. The molecule has 2 aliphatic carbocycles. The van der Waals surface area contributed by atoms with Gasteiger partial charge in [0.1, 0.15) is 17.2 Å². The molecular weight excluding hydrogens is 402 g/mol. The van der Waals surface area contributed by atoms with E-state index in [4.69, 9.17) is 0 Å². The quantitative estimate of drug-likeness (QED) is 0.241. The lowest BCUT2D eigenvalue weighted by molar-refractivity contribution is -0.142. The van der Waals surface area contributed by atoms with E-state index >= 15 is 0 Å². The van der Waals surface area contributed by atoms with Crippen molar-refractivity contribution in [3.05, 3.63) is 47.0 Å². The van der Waals surface area contributed by atoms with Gasteiger partial charge in [-0.05, 0) is 106 Å². The van der Waals surface area contributed by atoms with Crippen molar-refractivity contribution in [1.82, 2.24) is 0 Å². The number of rotatable bonds is 6. The van der Waals surface area contributed by atoms with Crippen LogP contribution in [-0.4, -0.2) is 6.67 Å². The molecule has 0 amide bonds. The third kappa shape index (κ3) is 5.82. The Morgan fingerprint density at radius 2 is 1.37 bits per heavy atom. The molecule has 1 aromatic carbocycles. The molecule has 30 heavy (non-hydrogen) atoms. The first kappa shape index (κ1) is 23.2. The second-order valence-electron chi connectivity index (χ2n) is 8.90. The van der Waals surface area contributed by atoms with Gasteiger partial charge in [0.2, 0.25) is 0 Å². The third-order valence-corrected chi connectivity index (χ3v) is 6.99. The van der Waals surface area contributed by atoms with Crippen molar-refractivity contribution < 1.29 is 26.3 Å². The maximum absolute atomic E-state index is 13.9. The monoisotopic (exact) mass is 432 g/mol. The maximum Gasteiger partial charge on any atom is 0.422 e. The molecule has 168 valence electrons. The highest BCUT2D eigenvalue weighted by molar-refractivity contribution is 5.30. The Morgan fingerprint density at radius 1 is 0.833 bits per heavy atom. The molecule has 0 bridgehead atoms. The van der Waals surface area contributed by atoms with Gasteiger partial charge in [-0.1, -0.05) is 12.2 Å². The van der Waals surface area contributed by atoms with E-state index < -0.39 is 23.4 Å². The Kier molecular flexibility index (Phi) is 7.92. The molecule has 0 aliphatic heterocycles. The number of hydrogen-bond acceptors (Lipinski definition) is 0. The smallest absolute Gasteiger partial charge is 0.251 e. The zero-order valence-electron chi connectivity index (χ0n) is 17.2. The van der Waals surface area contributed by atoms with Crippen molar-refractivity contribution >= 4 is 0 Å². The first-order chi connectivity index (χ1) is 14.3. The van der Waals surface area contributed by atoms with E-state index in [0.29, 0.717) is 29.7 Å². The average molecular weight is 432 g/mol. The summed E-state index contributed by atoms with van der Waals surface area (Å²) in [5.41, 5.74) is -1.45. The first-order valence-corrected chi connectivity index (χ1v) is 11.1. The maximum atomic E-state index is 13.9. The molecule has 1 aromatic rings. The summed E-state index contributed by atoms with van der Waals surface area (Å²) in [4.78, 5) is 0. The Hall–Kier alpha value is -1.46. The van der Waals surface area contributed by atoms with Crippen LogP contribution in [0.3, 0.4) is 0 Å². The van der Waals surface area contributed by atoms with Crippen LogP contribution in [0.1, 0.15) is 81.3 Å². The first-order valence-electron chi connectivity index (χ1n) is 11.1. The Morgan fingerprint density at radius 3 is 1.87 bits per heavy atom. The highest BCUT2D eigenvalue weighted by Gasteiger charge is 2.39. The fourth-order valence-corrected chi connectivity index (χ4v) is 5.32. The van der Waals surface area contributed by atoms with Crippen LogP contribution in [-0.2, 0) is 6.18 Å². The summed E-state index contributed by atoms with van der Waals surface area (Å²) < 4.78 is 78.3. The minimum Gasteiger partial charge on any atom is -0.251 e. The topological polar surface area (TPSA) is 0 Å². The summed E-state index contributed by atoms with van der Waals surface area (Å²) in [5.74, 6) is -1.29. The molecule has 3 rings (SSSR count). The van der Waals surface area contributed by atoms with Crippen LogP contribution in [0.5, 0.6) is 0 Å². The van der Waals surface area contributed by atoms with Crippen molar-refractivity contribution in [3.8, 4) is 0 Å². The molecule has 2 fully saturated rings. The molecule has 0 radical (unpaired) electrons. The predicted octanol–water partition coefficient (Wildman–Crippen LogP) is 8.37. The van der Waals surface area contributed by atoms with Crippen molar-refractivity contribution in [2.75, 3.05) is 6.67 Å². The van der Waals surface area contributed by atoms with Crippen LogP contribution in [0.15, 0.2) is 24.3 Å². The van der Waals surface area contributed by atoms with E-state index in [-0.39, 0.29) is 12.6 Å². The molecule has 0 heterocycles. The zero-order chi connectivity index (χ0) is 21.7. The lowest BCUT2D eigenvalue weighted by Gasteiger charge is -2.37. The van der Waals surface area contributed by atoms with E-state index in [9.17, 15) is 26.3 Å². The molecule has 0 unspecified atom stereocenters. The minimum absolute atomic E-state index is 0.0812. The number of hydrogen-bond donors (Lipinski definition) is 0.